The number of amides is 1. The molecule has 2 aromatic heterocycles. The number of hydrogen-bond acceptors (Lipinski definition) is 8. The summed E-state index contributed by atoms with van der Waals surface area (Å²) in [6, 6.07) is 12.0. The molecular weight excluding hydrogens is 412 g/mol. The number of hydrogen-bond donors (Lipinski definition) is 2. The van der Waals surface area contributed by atoms with Crippen LogP contribution in [-0.2, 0) is 20.3 Å². The summed E-state index contributed by atoms with van der Waals surface area (Å²) in [6.45, 7) is 1.75. The van der Waals surface area contributed by atoms with E-state index >= 15 is 0 Å². The third-order valence-corrected chi connectivity index (χ3v) is 5.57. The van der Waals surface area contributed by atoms with Gasteiger partial charge in [-0.05, 0) is 13.0 Å². The van der Waals surface area contributed by atoms with Crippen molar-refractivity contribution in [2.75, 3.05) is 18.9 Å². The van der Waals surface area contributed by atoms with E-state index in [2.05, 4.69) is 20.7 Å². The number of nitrogens with one attached hydrogen (secondary N) is 2. The van der Waals surface area contributed by atoms with Crippen molar-refractivity contribution in [1.29, 1.82) is 0 Å². The quantitative estimate of drug-likeness (QED) is 0.485. The number of rotatable bonds is 9. The Morgan fingerprint density at radius 2 is 1.93 bits per heavy atom. The minimum atomic E-state index is -3.56. The van der Waals surface area contributed by atoms with Crippen LogP contribution in [0.15, 0.2) is 47.0 Å². The van der Waals surface area contributed by atoms with Crippen molar-refractivity contribution in [2.45, 2.75) is 12.7 Å². The van der Waals surface area contributed by atoms with Gasteiger partial charge in [0, 0.05) is 18.2 Å². The van der Waals surface area contributed by atoms with Crippen LogP contribution in [0.3, 0.4) is 0 Å². The third-order valence-electron chi connectivity index (χ3n) is 3.99. The van der Waals surface area contributed by atoms with Crippen molar-refractivity contribution >= 4 is 21.7 Å². The van der Waals surface area contributed by atoms with Crippen LogP contribution >= 0.6 is 0 Å². The molecular formula is C19H20N4O6S. The molecule has 3 rings (SSSR count). The van der Waals surface area contributed by atoms with E-state index in [0.29, 0.717) is 5.76 Å². The van der Waals surface area contributed by atoms with Gasteiger partial charge < -0.3 is 14.6 Å². The second-order valence-electron chi connectivity index (χ2n) is 6.29. The van der Waals surface area contributed by atoms with Crippen LogP contribution in [0.25, 0.3) is 11.3 Å². The molecule has 158 valence electrons. The first-order valence-corrected chi connectivity index (χ1v) is 10.9. The Kier molecular flexibility index (Phi) is 6.62. The first-order valence-electron chi connectivity index (χ1n) is 9.10. The molecule has 30 heavy (non-hydrogen) atoms. The largest absolute Gasteiger partial charge is 0.461 e. The summed E-state index contributed by atoms with van der Waals surface area (Å²) in [5.41, 5.74) is 1.09. The number of aromatic amines is 1. The molecule has 10 nitrogen and oxygen atoms in total. The number of H-pyrrole nitrogens is 1. The molecule has 0 saturated heterocycles. The number of carbonyl (C=O) groups is 2. The molecule has 0 aliphatic heterocycles. The lowest BCUT2D eigenvalue weighted by Crippen LogP contribution is -2.29. The molecule has 0 aliphatic rings. The molecule has 0 saturated carbocycles. The number of esters is 1. The summed E-state index contributed by atoms with van der Waals surface area (Å²) in [5.74, 6) is -1.38. The van der Waals surface area contributed by atoms with Crippen molar-refractivity contribution in [3.05, 3.63) is 59.5 Å². The maximum atomic E-state index is 12.3. The van der Waals surface area contributed by atoms with E-state index in [1.165, 1.54) is 12.1 Å². The molecule has 11 heteroatoms. The second-order valence-corrected chi connectivity index (χ2v) is 8.47. The summed E-state index contributed by atoms with van der Waals surface area (Å²) < 4.78 is 34.5. The van der Waals surface area contributed by atoms with Crippen molar-refractivity contribution in [1.82, 2.24) is 20.7 Å². The molecule has 0 radical (unpaired) electrons. The smallest absolute Gasteiger partial charge is 0.358 e. The SMILES string of the molecule is CCOC(=O)c1cc(CS(=O)(=O)CCNC(=O)c2cc(-c3ccccc3)on2)[nH]n1. The van der Waals surface area contributed by atoms with E-state index in [4.69, 9.17) is 9.26 Å². The molecule has 1 aromatic carbocycles. The van der Waals surface area contributed by atoms with Gasteiger partial charge in [0.2, 0.25) is 0 Å². The van der Waals surface area contributed by atoms with E-state index in [1.807, 2.05) is 30.3 Å². The first kappa shape index (κ1) is 21.2. The highest BCUT2D eigenvalue weighted by molar-refractivity contribution is 7.90. The lowest BCUT2D eigenvalue weighted by atomic mass is 10.1. The normalized spacial score (nSPS) is 11.2. The number of ether oxygens (including phenoxy) is 1. The fourth-order valence-electron chi connectivity index (χ4n) is 2.59. The minimum Gasteiger partial charge on any atom is -0.461 e. The molecule has 3 aromatic rings. The van der Waals surface area contributed by atoms with Crippen molar-refractivity contribution in [2.24, 2.45) is 0 Å². The van der Waals surface area contributed by atoms with Gasteiger partial charge >= 0.3 is 5.97 Å². The van der Waals surface area contributed by atoms with E-state index in [0.717, 1.165) is 5.56 Å². The summed E-state index contributed by atoms with van der Waals surface area (Å²) >= 11 is 0. The maximum Gasteiger partial charge on any atom is 0.358 e. The molecule has 0 bridgehead atoms. The summed E-state index contributed by atoms with van der Waals surface area (Å²) in [6.07, 6.45) is 0. The van der Waals surface area contributed by atoms with Gasteiger partial charge in [-0.15, -0.1) is 0 Å². The summed E-state index contributed by atoms with van der Waals surface area (Å²) in [5, 5.41) is 12.5. The summed E-state index contributed by atoms with van der Waals surface area (Å²) in [4.78, 5) is 23.8. The van der Waals surface area contributed by atoms with Gasteiger partial charge in [-0.1, -0.05) is 35.5 Å². The minimum absolute atomic E-state index is 0.00982. The Morgan fingerprint density at radius 1 is 1.17 bits per heavy atom. The predicted octanol–water partition coefficient (Wildman–Crippen LogP) is 1.59. The Balaban J connectivity index is 1.51. The molecule has 2 N–H and O–H groups in total. The Morgan fingerprint density at radius 3 is 2.67 bits per heavy atom. The van der Waals surface area contributed by atoms with Crippen LogP contribution in [0.2, 0.25) is 0 Å². The standard InChI is InChI=1S/C19H20N4O6S/c1-2-28-19(25)16-10-14(21-22-16)12-30(26,27)9-8-20-18(24)15-11-17(29-23-15)13-6-4-3-5-7-13/h3-7,10-11H,2,8-9,12H2,1H3,(H,20,24)(H,21,22). The van der Waals surface area contributed by atoms with Gasteiger partial charge in [-0.25, -0.2) is 13.2 Å². The van der Waals surface area contributed by atoms with E-state index in [-0.39, 0.29) is 41.7 Å². The maximum absolute atomic E-state index is 12.3. The average Bonchev–Trinajstić information content (AvgIpc) is 3.38. The van der Waals surface area contributed by atoms with Crippen LogP contribution in [0, 0.1) is 0 Å². The highest BCUT2D eigenvalue weighted by atomic mass is 32.2. The van der Waals surface area contributed by atoms with Gasteiger partial charge in [0.15, 0.2) is 27.0 Å². The highest BCUT2D eigenvalue weighted by Crippen LogP contribution is 2.19. The molecule has 1 amide bonds. The topological polar surface area (TPSA) is 144 Å². The van der Waals surface area contributed by atoms with Crippen LogP contribution in [0.4, 0.5) is 0 Å². The fourth-order valence-corrected chi connectivity index (χ4v) is 3.76. The van der Waals surface area contributed by atoms with Gasteiger partial charge in [0.1, 0.15) is 0 Å². The highest BCUT2D eigenvalue weighted by Gasteiger charge is 2.18. The lowest BCUT2D eigenvalue weighted by molar-refractivity contribution is 0.0519. The predicted molar refractivity (Wildman–Crippen MR) is 106 cm³/mol. The Hall–Kier alpha value is -3.47. The zero-order valence-electron chi connectivity index (χ0n) is 16.1. The first-order chi connectivity index (χ1) is 14.4. The van der Waals surface area contributed by atoms with Gasteiger partial charge in [-0.2, -0.15) is 5.10 Å². The number of nitrogens with zero attached hydrogens (tertiary/aromatic N) is 2. The zero-order chi connectivity index (χ0) is 21.6. The van der Waals surface area contributed by atoms with Gasteiger partial charge in [-0.3, -0.25) is 9.89 Å². The molecule has 0 atom stereocenters. The molecule has 2 heterocycles. The summed E-state index contributed by atoms with van der Waals surface area (Å²) in [7, 11) is -3.56. The Bertz CT molecular complexity index is 1120. The Labute approximate surface area is 172 Å². The monoisotopic (exact) mass is 432 g/mol. The fraction of sp³-hybridized carbons (Fsp3) is 0.263. The third kappa shape index (κ3) is 5.54. The van der Waals surface area contributed by atoms with Crippen LogP contribution in [-0.4, -0.2) is 54.6 Å². The van der Waals surface area contributed by atoms with E-state index in [1.54, 1.807) is 6.92 Å². The van der Waals surface area contributed by atoms with Crippen molar-refractivity contribution < 1.29 is 27.3 Å². The zero-order valence-corrected chi connectivity index (χ0v) is 16.9. The van der Waals surface area contributed by atoms with Crippen molar-refractivity contribution in [3.63, 3.8) is 0 Å². The van der Waals surface area contributed by atoms with Gasteiger partial charge in [0.25, 0.3) is 5.91 Å². The van der Waals surface area contributed by atoms with Gasteiger partial charge in [0.05, 0.1) is 23.8 Å². The molecule has 0 aliphatic carbocycles. The van der Waals surface area contributed by atoms with E-state index < -0.39 is 21.7 Å². The average molecular weight is 432 g/mol. The molecule has 0 fully saturated rings. The van der Waals surface area contributed by atoms with Crippen LogP contribution in [0.1, 0.15) is 33.6 Å². The number of benzene rings is 1. The van der Waals surface area contributed by atoms with Crippen LogP contribution < -0.4 is 5.32 Å². The number of carbonyl (C=O) groups excluding carboxylic acids is 2. The van der Waals surface area contributed by atoms with Crippen molar-refractivity contribution in [3.8, 4) is 11.3 Å². The molecule has 0 spiro atoms. The molecule has 0 unspecified atom stereocenters. The van der Waals surface area contributed by atoms with E-state index in [9.17, 15) is 18.0 Å². The van der Waals surface area contributed by atoms with Crippen LogP contribution in [0.5, 0.6) is 0 Å². The number of sulfone groups is 1. The lowest BCUT2D eigenvalue weighted by Gasteiger charge is -2.04. The number of aromatic nitrogens is 3. The second kappa shape index (κ2) is 9.35.